The summed E-state index contributed by atoms with van der Waals surface area (Å²) in [6.45, 7) is 0.471. The van der Waals surface area contributed by atoms with Crippen molar-refractivity contribution in [3.63, 3.8) is 0 Å². The summed E-state index contributed by atoms with van der Waals surface area (Å²) in [5, 5.41) is 3.45. The number of ether oxygens (including phenoxy) is 1. The first-order valence-electron chi connectivity index (χ1n) is 4.44. The van der Waals surface area contributed by atoms with Gasteiger partial charge in [0.25, 0.3) is 0 Å². The molecule has 1 heterocycles. The number of hydrogen-bond acceptors (Lipinski definition) is 2. The molecule has 15 heavy (non-hydrogen) atoms. The molecule has 1 amide bonds. The average Bonchev–Trinajstić information content (AvgIpc) is 2.19. The molecule has 1 aliphatic heterocycles. The molecule has 3 nitrogen and oxygen atoms in total. The number of carbonyl (C=O) groups is 1. The van der Waals surface area contributed by atoms with E-state index < -0.39 is 0 Å². The SMILES string of the molecule is Cl.O=C1N[C@@H](c2ccc(Cl)cc2)CCO1. The summed E-state index contributed by atoms with van der Waals surface area (Å²) >= 11 is 5.77. The summed E-state index contributed by atoms with van der Waals surface area (Å²) in [6, 6.07) is 7.52. The lowest BCUT2D eigenvalue weighted by Gasteiger charge is -2.23. The monoisotopic (exact) mass is 247 g/mol. The van der Waals surface area contributed by atoms with E-state index in [4.69, 9.17) is 16.3 Å². The second-order valence-electron chi connectivity index (χ2n) is 3.17. The Kier molecular flexibility index (Phi) is 4.24. The predicted molar refractivity (Wildman–Crippen MR) is 60.5 cm³/mol. The number of alkyl carbamates (subject to hydrolysis) is 1. The first-order valence-corrected chi connectivity index (χ1v) is 4.82. The number of carbonyl (C=O) groups excluding carboxylic acids is 1. The van der Waals surface area contributed by atoms with Crippen molar-refractivity contribution in [2.75, 3.05) is 6.61 Å². The van der Waals surface area contributed by atoms with Crippen LogP contribution in [0, 0.1) is 0 Å². The quantitative estimate of drug-likeness (QED) is 0.829. The highest BCUT2D eigenvalue weighted by Crippen LogP contribution is 2.21. The van der Waals surface area contributed by atoms with Crippen LogP contribution in [0.25, 0.3) is 0 Å². The van der Waals surface area contributed by atoms with E-state index in [9.17, 15) is 4.79 Å². The summed E-state index contributed by atoms with van der Waals surface area (Å²) in [5.74, 6) is 0. The maximum absolute atomic E-state index is 11.0. The second kappa shape index (κ2) is 5.24. The maximum atomic E-state index is 11.0. The molecular weight excluding hydrogens is 237 g/mol. The van der Waals surface area contributed by atoms with Gasteiger partial charge < -0.3 is 10.1 Å². The van der Waals surface area contributed by atoms with Crippen LogP contribution in [0.4, 0.5) is 4.79 Å². The third kappa shape index (κ3) is 3.01. The molecule has 82 valence electrons. The zero-order valence-corrected chi connectivity index (χ0v) is 9.48. The zero-order chi connectivity index (χ0) is 9.97. The summed E-state index contributed by atoms with van der Waals surface area (Å²) in [7, 11) is 0. The van der Waals surface area contributed by atoms with Gasteiger partial charge in [-0.15, -0.1) is 12.4 Å². The normalized spacial score (nSPS) is 19.8. The van der Waals surface area contributed by atoms with Gasteiger partial charge in [0.1, 0.15) is 0 Å². The van der Waals surface area contributed by atoms with Gasteiger partial charge >= 0.3 is 6.09 Å². The molecule has 1 N–H and O–H groups in total. The number of cyclic esters (lactones) is 1. The van der Waals surface area contributed by atoms with E-state index >= 15 is 0 Å². The van der Waals surface area contributed by atoms with Crippen molar-refractivity contribution in [3.05, 3.63) is 34.9 Å². The first-order chi connectivity index (χ1) is 6.75. The molecule has 1 atom stereocenters. The van der Waals surface area contributed by atoms with Crippen LogP contribution in [0.5, 0.6) is 0 Å². The number of nitrogens with one attached hydrogen (secondary N) is 1. The third-order valence-electron chi connectivity index (χ3n) is 2.20. The second-order valence-corrected chi connectivity index (χ2v) is 3.61. The molecule has 0 saturated carbocycles. The molecule has 1 fully saturated rings. The predicted octanol–water partition coefficient (Wildman–Crippen LogP) is 2.93. The number of benzene rings is 1. The number of amides is 1. The van der Waals surface area contributed by atoms with Gasteiger partial charge in [0, 0.05) is 11.4 Å². The summed E-state index contributed by atoms with van der Waals surface area (Å²) < 4.78 is 4.78. The minimum atomic E-state index is -0.351. The Bertz CT molecular complexity index is 340. The minimum Gasteiger partial charge on any atom is -0.449 e. The van der Waals surface area contributed by atoms with Gasteiger partial charge in [-0.25, -0.2) is 4.79 Å². The van der Waals surface area contributed by atoms with E-state index in [1.54, 1.807) is 0 Å². The highest BCUT2D eigenvalue weighted by Gasteiger charge is 2.20. The van der Waals surface area contributed by atoms with Gasteiger partial charge in [0.2, 0.25) is 0 Å². The molecular formula is C10H11Cl2NO2. The van der Waals surface area contributed by atoms with Crippen LogP contribution < -0.4 is 5.32 Å². The molecule has 0 aliphatic carbocycles. The molecule has 5 heteroatoms. The molecule has 0 spiro atoms. The van der Waals surface area contributed by atoms with Crippen molar-refractivity contribution >= 4 is 30.1 Å². The minimum absolute atomic E-state index is 0. The Morgan fingerprint density at radius 2 is 2.00 bits per heavy atom. The lowest BCUT2D eigenvalue weighted by Crippen LogP contribution is -2.35. The van der Waals surface area contributed by atoms with Gasteiger partial charge in [-0.2, -0.15) is 0 Å². The van der Waals surface area contributed by atoms with E-state index in [0.29, 0.717) is 11.6 Å². The fraction of sp³-hybridized carbons (Fsp3) is 0.300. The highest BCUT2D eigenvalue weighted by atomic mass is 35.5. The Hall–Kier alpha value is -0.930. The van der Waals surface area contributed by atoms with Crippen LogP contribution >= 0.6 is 24.0 Å². The standard InChI is InChI=1S/C10H10ClNO2.ClH/c11-8-3-1-7(2-4-8)9-5-6-14-10(13)12-9;/h1-4,9H,5-6H2,(H,12,13);1H/t9-;/m1./s1. The molecule has 0 bridgehead atoms. The van der Waals surface area contributed by atoms with Crippen molar-refractivity contribution in [3.8, 4) is 0 Å². The molecule has 1 aliphatic rings. The number of halogens is 2. The topological polar surface area (TPSA) is 38.3 Å². The first kappa shape index (κ1) is 12.1. The highest BCUT2D eigenvalue weighted by molar-refractivity contribution is 6.30. The third-order valence-corrected chi connectivity index (χ3v) is 2.46. The maximum Gasteiger partial charge on any atom is 0.407 e. The van der Waals surface area contributed by atoms with E-state index in [0.717, 1.165) is 12.0 Å². The van der Waals surface area contributed by atoms with Gasteiger partial charge in [-0.3, -0.25) is 0 Å². The summed E-state index contributed by atoms with van der Waals surface area (Å²) in [5.41, 5.74) is 1.06. The Morgan fingerprint density at radius 1 is 1.33 bits per heavy atom. The Labute approximate surface area is 99.2 Å². The van der Waals surface area contributed by atoms with Crippen molar-refractivity contribution in [2.24, 2.45) is 0 Å². The molecule has 0 radical (unpaired) electrons. The van der Waals surface area contributed by atoms with E-state index in [1.807, 2.05) is 24.3 Å². The van der Waals surface area contributed by atoms with Crippen molar-refractivity contribution in [1.29, 1.82) is 0 Å². The van der Waals surface area contributed by atoms with Gasteiger partial charge in [-0.1, -0.05) is 23.7 Å². The van der Waals surface area contributed by atoms with Crippen LogP contribution in [0.3, 0.4) is 0 Å². The average molecular weight is 248 g/mol. The van der Waals surface area contributed by atoms with Crippen molar-refractivity contribution < 1.29 is 9.53 Å². The lowest BCUT2D eigenvalue weighted by molar-refractivity contribution is 0.115. The van der Waals surface area contributed by atoms with Gasteiger partial charge in [-0.05, 0) is 17.7 Å². The molecule has 1 saturated heterocycles. The van der Waals surface area contributed by atoms with Crippen LogP contribution in [-0.4, -0.2) is 12.7 Å². The molecule has 1 aromatic rings. The number of rotatable bonds is 1. The van der Waals surface area contributed by atoms with Crippen LogP contribution in [-0.2, 0) is 4.74 Å². The zero-order valence-electron chi connectivity index (χ0n) is 7.90. The smallest absolute Gasteiger partial charge is 0.407 e. The van der Waals surface area contributed by atoms with Crippen LogP contribution in [0.1, 0.15) is 18.0 Å². The van der Waals surface area contributed by atoms with Gasteiger partial charge in [0.15, 0.2) is 0 Å². The number of hydrogen-bond donors (Lipinski definition) is 1. The van der Waals surface area contributed by atoms with E-state index in [-0.39, 0.29) is 24.5 Å². The molecule has 0 aromatic heterocycles. The van der Waals surface area contributed by atoms with Gasteiger partial charge in [0.05, 0.1) is 12.6 Å². The molecule has 0 unspecified atom stereocenters. The van der Waals surface area contributed by atoms with Crippen molar-refractivity contribution in [1.82, 2.24) is 5.32 Å². The summed E-state index contributed by atoms with van der Waals surface area (Å²) in [6.07, 6.45) is 0.448. The van der Waals surface area contributed by atoms with Crippen LogP contribution in [0.15, 0.2) is 24.3 Å². The fourth-order valence-corrected chi connectivity index (χ4v) is 1.60. The molecule has 2 rings (SSSR count). The lowest BCUT2D eigenvalue weighted by atomic mass is 10.0. The Balaban J connectivity index is 0.00000112. The largest absolute Gasteiger partial charge is 0.449 e. The van der Waals surface area contributed by atoms with E-state index in [1.165, 1.54) is 0 Å². The summed E-state index contributed by atoms with van der Waals surface area (Å²) in [4.78, 5) is 11.0. The Morgan fingerprint density at radius 3 is 2.60 bits per heavy atom. The van der Waals surface area contributed by atoms with Crippen molar-refractivity contribution in [2.45, 2.75) is 12.5 Å². The fourth-order valence-electron chi connectivity index (χ4n) is 1.47. The van der Waals surface area contributed by atoms with E-state index in [2.05, 4.69) is 5.32 Å². The molecule has 1 aromatic carbocycles. The van der Waals surface area contributed by atoms with Crippen LogP contribution in [0.2, 0.25) is 5.02 Å².